The predicted octanol–water partition coefficient (Wildman–Crippen LogP) is 5.44. The maximum absolute atomic E-state index is 3.72. The van der Waals surface area contributed by atoms with Crippen LogP contribution in [0.3, 0.4) is 0 Å². The molecule has 0 aromatic heterocycles. The van der Waals surface area contributed by atoms with E-state index in [0.717, 1.165) is 0 Å². The smallest absolute Gasteiger partial charge is 0.0395 e. The Balaban J connectivity index is 2.71. The van der Waals surface area contributed by atoms with Crippen molar-refractivity contribution in [3.05, 3.63) is 35.4 Å². The molecule has 1 aromatic carbocycles. The molecule has 84 valence electrons. The molecule has 15 heavy (non-hydrogen) atoms. The van der Waals surface area contributed by atoms with E-state index in [-0.39, 0.29) is 0 Å². The second-order valence-corrected chi connectivity index (χ2v) is 5.34. The van der Waals surface area contributed by atoms with Crippen molar-refractivity contribution in [2.75, 3.05) is 0 Å². The van der Waals surface area contributed by atoms with Crippen molar-refractivity contribution in [3.8, 4) is 0 Å². The number of rotatable bonds is 5. The molecule has 0 saturated heterocycles. The molecule has 0 aliphatic carbocycles. The van der Waals surface area contributed by atoms with Crippen LogP contribution in [-0.2, 0) is 0 Å². The molecule has 0 saturated carbocycles. The molecule has 0 nitrogen and oxygen atoms in total. The van der Waals surface area contributed by atoms with Crippen LogP contribution >= 0.6 is 15.9 Å². The highest BCUT2D eigenvalue weighted by Crippen LogP contribution is 2.29. The molecule has 2 atom stereocenters. The lowest BCUT2D eigenvalue weighted by molar-refractivity contribution is 0.731. The summed E-state index contributed by atoms with van der Waals surface area (Å²) in [5.74, 6) is 0.680. The van der Waals surface area contributed by atoms with Crippen molar-refractivity contribution >= 4 is 15.9 Å². The van der Waals surface area contributed by atoms with E-state index in [2.05, 4.69) is 61.0 Å². The third kappa shape index (κ3) is 3.64. The van der Waals surface area contributed by atoms with Crippen molar-refractivity contribution in [1.29, 1.82) is 0 Å². The van der Waals surface area contributed by atoms with E-state index >= 15 is 0 Å². The molecule has 1 aromatic rings. The second-order valence-electron chi connectivity index (χ2n) is 4.23. The van der Waals surface area contributed by atoms with Crippen LogP contribution in [0.2, 0.25) is 0 Å². The zero-order chi connectivity index (χ0) is 11.3. The van der Waals surface area contributed by atoms with Crippen molar-refractivity contribution in [2.24, 2.45) is 0 Å². The molecule has 0 bridgehead atoms. The zero-order valence-electron chi connectivity index (χ0n) is 9.96. The van der Waals surface area contributed by atoms with Crippen LogP contribution in [0, 0.1) is 0 Å². The third-order valence-electron chi connectivity index (χ3n) is 3.02. The number of halogens is 1. The maximum Gasteiger partial charge on any atom is 0.0395 e. The fourth-order valence-corrected chi connectivity index (χ4v) is 2.45. The minimum absolute atomic E-state index is 0.522. The summed E-state index contributed by atoms with van der Waals surface area (Å²) < 4.78 is 0. The van der Waals surface area contributed by atoms with Crippen LogP contribution in [0.4, 0.5) is 0 Å². The van der Waals surface area contributed by atoms with Crippen molar-refractivity contribution < 1.29 is 0 Å². The molecular weight excluding hydrogens is 248 g/mol. The molecule has 0 N–H and O–H groups in total. The number of benzene rings is 1. The third-order valence-corrected chi connectivity index (χ3v) is 4.01. The van der Waals surface area contributed by atoms with Gasteiger partial charge in [0.05, 0.1) is 0 Å². The van der Waals surface area contributed by atoms with Crippen molar-refractivity contribution in [3.63, 3.8) is 0 Å². The molecule has 0 heterocycles. The molecule has 1 heteroatoms. The minimum Gasteiger partial charge on any atom is -0.0839 e. The average Bonchev–Trinajstić information content (AvgIpc) is 2.28. The fraction of sp³-hybridized carbons (Fsp3) is 0.571. The monoisotopic (exact) mass is 268 g/mol. The van der Waals surface area contributed by atoms with Crippen LogP contribution in [-0.4, -0.2) is 0 Å². The van der Waals surface area contributed by atoms with Gasteiger partial charge in [-0.1, -0.05) is 67.4 Å². The van der Waals surface area contributed by atoms with Gasteiger partial charge in [-0.3, -0.25) is 0 Å². The first-order chi connectivity index (χ1) is 7.19. The Bertz CT molecular complexity index is 276. The Kier molecular flexibility index (Phi) is 5.38. The quantitative estimate of drug-likeness (QED) is 0.625. The van der Waals surface area contributed by atoms with Crippen molar-refractivity contribution in [1.82, 2.24) is 0 Å². The first kappa shape index (κ1) is 12.8. The highest BCUT2D eigenvalue weighted by atomic mass is 79.9. The Labute approximate surface area is 102 Å². The van der Waals surface area contributed by atoms with Gasteiger partial charge in [0.15, 0.2) is 0 Å². The molecular formula is C14H21Br. The van der Waals surface area contributed by atoms with Crippen LogP contribution in [0.5, 0.6) is 0 Å². The standard InChI is InChI=1S/C14H21Br/c1-4-6-14(15)13-9-7-12(8-10-13)11(3)5-2/h7-11,14H,4-6H2,1-3H3. The van der Waals surface area contributed by atoms with Gasteiger partial charge in [0.2, 0.25) is 0 Å². The lowest BCUT2D eigenvalue weighted by Gasteiger charge is -2.12. The molecule has 1 rings (SSSR count). The number of hydrogen-bond donors (Lipinski definition) is 0. The zero-order valence-corrected chi connectivity index (χ0v) is 11.5. The molecule has 2 unspecified atom stereocenters. The lowest BCUT2D eigenvalue weighted by Crippen LogP contribution is -1.93. The number of alkyl halides is 1. The van der Waals surface area contributed by atoms with E-state index < -0.39 is 0 Å². The Morgan fingerprint density at radius 2 is 1.60 bits per heavy atom. The molecule has 0 aliphatic heterocycles. The Morgan fingerprint density at radius 1 is 1.07 bits per heavy atom. The van der Waals surface area contributed by atoms with Gasteiger partial charge in [-0.15, -0.1) is 0 Å². The predicted molar refractivity (Wildman–Crippen MR) is 71.7 cm³/mol. The highest BCUT2D eigenvalue weighted by Gasteiger charge is 2.07. The first-order valence-electron chi connectivity index (χ1n) is 5.92. The van der Waals surface area contributed by atoms with Gasteiger partial charge >= 0.3 is 0 Å². The van der Waals surface area contributed by atoms with E-state index in [9.17, 15) is 0 Å². The fourth-order valence-electron chi connectivity index (χ4n) is 1.69. The first-order valence-corrected chi connectivity index (χ1v) is 6.84. The van der Waals surface area contributed by atoms with E-state index in [4.69, 9.17) is 0 Å². The van der Waals surface area contributed by atoms with Gasteiger partial charge in [0.25, 0.3) is 0 Å². The van der Waals surface area contributed by atoms with Crippen LogP contribution in [0.25, 0.3) is 0 Å². The number of hydrogen-bond acceptors (Lipinski definition) is 0. The van der Waals surface area contributed by atoms with Gasteiger partial charge < -0.3 is 0 Å². The van der Waals surface area contributed by atoms with Crippen LogP contribution in [0.1, 0.15) is 61.9 Å². The van der Waals surface area contributed by atoms with Crippen LogP contribution < -0.4 is 0 Å². The van der Waals surface area contributed by atoms with Gasteiger partial charge in [-0.05, 0) is 29.9 Å². The van der Waals surface area contributed by atoms with E-state index in [1.54, 1.807) is 0 Å². The van der Waals surface area contributed by atoms with Crippen molar-refractivity contribution in [2.45, 2.75) is 50.8 Å². The summed E-state index contributed by atoms with van der Waals surface area (Å²) in [7, 11) is 0. The van der Waals surface area contributed by atoms with E-state index in [1.807, 2.05) is 0 Å². The summed E-state index contributed by atoms with van der Waals surface area (Å²) in [6.07, 6.45) is 3.65. The molecule has 0 aliphatic rings. The molecule has 0 radical (unpaired) electrons. The summed E-state index contributed by atoms with van der Waals surface area (Å²) >= 11 is 3.72. The average molecular weight is 269 g/mol. The van der Waals surface area contributed by atoms with Gasteiger partial charge in [0.1, 0.15) is 0 Å². The second kappa shape index (κ2) is 6.32. The normalized spacial score (nSPS) is 14.9. The summed E-state index contributed by atoms with van der Waals surface area (Å²) in [5.41, 5.74) is 2.86. The largest absolute Gasteiger partial charge is 0.0839 e. The summed E-state index contributed by atoms with van der Waals surface area (Å²) in [4.78, 5) is 0.522. The molecule has 0 amide bonds. The summed E-state index contributed by atoms with van der Waals surface area (Å²) in [5, 5.41) is 0. The topological polar surface area (TPSA) is 0 Å². The maximum atomic E-state index is 3.72. The Hall–Kier alpha value is -0.300. The molecule has 0 spiro atoms. The van der Waals surface area contributed by atoms with Gasteiger partial charge in [-0.2, -0.15) is 0 Å². The highest BCUT2D eigenvalue weighted by molar-refractivity contribution is 9.09. The van der Waals surface area contributed by atoms with Gasteiger partial charge in [-0.25, -0.2) is 0 Å². The lowest BCUT2D eigenvalue weighted by atomic mass is 9.96. The Morgan fingerprint density at radius 3 is 2.07 bits per heavy atom. The summed E-state index contributed by atoms with van der Waals surface area (Å²) in [6.45, 7) is 6.75. The summed E-state index contributed by atoms with van der Waals surface area (Å²) in [6, 6.07) is 9.06. The SMILES string of the molecule is CCCC(Br)c1ccc(C(C)CC)cc1. The van der Waals surface area contributed by atoms with E-state index in [1.165, 1.54) is 30.4 Å². The van der Waals surface area contributed by atoms with E-state index in [0.29, 0.717) is 10.7 Å². The minimum atomic E-state index is 0.522. The van der Waals surface area contributed by atoms with Gasteiger partial charge in [0, 0.05) is 4.83 Å². The molecule has 0 fully saturated rings. The van der Waals surface area contributed by atoms with Crippen LogP contribution in [0.15, 0.2) is 24.3 Å².